The van der Waals surface area contributed by atoms with Gasteiger partial charge in [0.15, 0.2) is 0 Å². The maximum atomic E-state index is 13.4. The lowest BCUT2D eigenvalue weighted by Crippen LogP contribution is -2.24. The zero-order valence-electron chi connectivity index (χ0n) is 8.76. The van der Waals surface area contributed by atoms with E-state index in [1.807, 2.05) is 6.07 Å². The summed E-state index contributed by atoms with van der Waals surface area (Å²) >= 11 is 0. The van der Waals surface area contributed by atoms with E-state index in [9.17, 15) is 4.39 Å². The van der Waals surface area contributed by atoms with Crippen LogP contribution in [0.3, 0.4) is 0 Å². The lowest BCUT2D eigenvalue weighted by molar-refractivity contribution is 0.609. The molecule has 2 nitrogen and oxygen atoms in total. The summed E-state index contributed by atoms with van der Waals surface area (Å²) in [7, 11) is 0. The third kappa shape index (κ3) is 2.04. The fourth-order valence-corrected chi connectivity index (χ4v) is 1.61. The van der Waals surface area contributed by atoms with E-state index in [1.54, 1.807) is 6.07 Å². The molecule has 0 aliphatic heterocycles. The van der Waals surface area contributed by atoms with E-state index in [2.05, 4.69) is 18.7 Å². The smallest absolute Gasteiger partial charge is 0.129 e. The van der Waals surface area contributed by atoms with Crippen molar-refractivity contribution in [3.63, 3.8) is 0 Å². The van der Waals surface area contributed by atoms with E-state index in [1.165, 1.54) is 6.07 Å². The summed E-state index contributed by atoms with van der Waals surface area (Å²) in [5, 5.41) is 0. The molecule has 0 aliphatic rings. The van der Waals surface area contributed by atoms with Gasteiger partial charge < -0.3 is 10.6 Å². The molecule has 0 fully saturated rings. The first kappa shape index (κ1) is 11.0. The van der Waals surface area contributed by atoms with E-state index in [0.29, 0.717) is 5.56 Å². The van der Waals surface area contributed by atoms with Crippen molar-refractivity contribution in [2.24, 2.45) is 5.73 Å². The minimum Gasteiger partial charge on any atom is -0.372 e. The molecule has 0 amide bonds. The molecule has 2 N–H and O–H groups in total. The Morgan fingerprint density at radius 2 is 1.93 bits per heavy atom. The van der Waals surface area contributed by atoms with Crippen LogP contribution in [0.25, 0.3) is 0 Å². The van der Waals surface area contributed by atoms with Crippen LogP contribution < -0.4 is 10.6 Å². The first-order chi connectivity index (χ1) is 6.74. The summed E-state index contributed by atoms with van der Waals surface area (Å²) < 4.78 is 13.4. The number of halogens is 1. The summed E-state index contributed by atoms with van der Waals surface area (Å²) in [6, 6.07) is 5.09. The van der Waals surface area contributed by atoms with Crippen LogP contribution in [0.5, 0.6) is 0 Å². The topological polar surface area (TPSA) is 29.3 Å². The van der Waals surface area contributed by atoms with Crippen molar-refractivity contribution in [3.8, 4) is 0 Å². The molecule has 0 unspecified atom stereocenters. The summed E-state index contributed by atoms with van der Waals surface area (Å²) in [5.74, 6) is -0.211. The van der Waals surface area contributed by atoms with Crippen LogP contribution in [-0.2, 0) is 6.54 Å². The van der Waals surface area contributed by atoms with Gasteiger partial charge in [-0.3, -0.25) is 0 Å². The fourth-order valence-electron chi connectivity index (χ4n) is 1.61. The molecule has 3 heteroatoms. The van der Waals surface area contributed by atoms with Gasteiger partial charge in [-0.15, -0.1) is 0 Å². The molecule has 0 bridgehead atoms. The van der Waals surface area contributed by atoms with Gasteiger partial charge in [0.05, 0.1) is 0 Å². The number of hydrogen-bond donors (Lipinski definition) is 1. The SMILES string of the molecule is CCN(CC)c1cccc(F)c1CN. The second-order valence-corrected chi connectivity index (χ2v) is 3.11. The van der Waals surface area contributed by atoms with Gasteiger partial charge >= 0.3 is 0 Å². The zero-order chi connectivity index (χ0) is 10.6. The Labute approximate surface area is 84.5 Å². The molecular weight excluding hydrogens is 179 g/mol. The molecule has 0 aromatic heterocycles. The van der Waals surface area contributed by atoms with Crippen molar-refractivity contribution in [2.45, 2.75) is 20.4 Å². The highest BCUT2D eigenvalue weighted by Crippen LogP contribution is 2.22. The van der Waals surface area contributed by atoms with E-state index in [-0.39, 0.29) is 12.4 Å². The van der Waals surface area contributed by atoms with Crippen molar-refractivity contribution in [1.29, 1.82) is 0 Å². The molecule has 0 aliphatic carbocycles. The second kappa shape index (κ2) is 4.96. The van der Waals surface area contributed by atoms with Crippen LogP contribution in [0.4, 0.5) is 10.1 Å². The fraction of sp³-hybridized carbons (Fsp3) is 0.455. The third-order valence-corrected chi connectivity index (χ3v) is 2.40. The highest BCUT2D eigenvalue weighted by atomic mass is 19.1. The van der Waals surface area contributed by atoms with Gasteiger partial charge in [-0.1, -0.05) is 6.07 Å². The number of nitrogens with zero attached hydrogens (tertiary/aromatic N) is 1. The van der Waals surface area contributed by atoms with Crippen LogP contribution in [0.1, 0.15) is 19.4 Å². The molecule has 1 aromatic carbocycles. The van der Waals surface area contributed by atoms with Crippen molar-refractivity contribution in [2.75, 3.05) is 18.0 Å². The Morgan fingerprint density at radius 1 is 1.29 bits per heavy atom. The molecule has 0 saturated carbocycles. The van der Waals surface area contributed by atoms with Crippen molar-refractivity contribution in [3.05, 3.63) is 29.6 Å². The van der Waals surface area contributed by atoms with Gasteiger partial charge in [0, 0.05) is 30.9 Å². The average Bonchev–Trinajstić information content (AvgIpc) is 2.20. The number of anilines is 1. The Hall–Kier alpha value is -1.09. The Bertz CT molecular complexity index is 295. The minimum absolute atomic E-state index is 0.211. The van der Waals surface area contributed by atoms with Crippen LogP contribution in [0.2, 0.25) is 0 Å². The monoisotopic (exact) mass is 196 g/mol. The van der Waals surface area contributed by atoms with Crippen LogP contribution in [-0.4, -0.2) is 13.1 Å². The van der Waals surface area contributed by atoms with Crippen LogP contribution in [0.15, 0.2) is 18.2 Å². The molecular formula is C11H17FN2. The van der Waals surface area contributed by atoms with Crippen LogP contribution in [0, 0.1) is 5.82 Å². The van der Waals surface area contributed by atoms with Gasteiger partial charge in [0.2, 0.25) is 0 Å². The molecule has 14 heavy (non-hydrogen) atoms. The predicted molar refractivity (Wildman–Crippen MR) is 57.9 cm³/mol. The van der Waals surface area contributed by atoms with E-state index in [0.717, 1.165) is 18.8 Å². The molecule has 0 spiro atoms. The first-order valence-electron chi connectivity index (χ1n) is 4.97. The van der Waals surface area contributed by atoms with Gasteiger partial charge in [-0.05, 0) is 26.0 Å². The van der Waals surface area contributed by atoms with E-state index >= 15 is 0 Å². The summed E-state index contributed by atoms with van der Waals surface area (Å²) in [6.45, 7) is 6.09. The highest BCUT2D eigenvalue weighted by Gasteiger charge is 2.10. The molecule has 0 saturated heterocycles. The van der Waals surface area contributed by atoms with Crippen molar-refractivity contribution in [1.82, 2.24) is 0 Å². The third-order valence-electron chi connectivity index (χ3n) is 2.40. The van der Waals surface area contributed by atoms with Gasteiger partial charge in [0.25, 0.3) is 0 Å². The standard InChI is InChI=1S/C11H17FN2/c1-3-14(4-2)11-7-5-6-10(12)9(11)8-13/h5-7H,3-4,8,13H2,1-2H3. The number of hydrogen-bond acceptors (Lipinski definition) is 2. The lowest BCUT2D eigenvalue weighted by atomic mass is 10.1. The second-order valence-electron chi connectivity index (χ2n) is 3.11. The first-order valence-corrected chi connectivity index (χ1v) is 4.97. The Kier molecular flexibility index (Phi) is 3.89. The number of nitrogens with two attached hydrogens (primary N) is 1. The summed E-state index contributed by atoms with van der Waals surface area (Å²) in [4.78, 5) is 2.10. The lowest BCUT2D eigenvalue weighted by Gasteiger charge is -2.23. The maximum Gasteiger partial charge on any atom is 0.129 e. The van der Waals surface area contributed by atoms with Gasteiger partial charge in [-0.2, -0.15) is 0 Å². The Morgan fingerprint density at radius 3 is 2.43 bits per heavy atom. The van der Waals surface area contributed by atoms with Gasteiger partial charge in [0.1, 0.15) is 5.82 Å². The molecule has 0 heterocycles. The van der Waals surface area contributed by atoms with Crippen molar-refractivity contribution >= 4 is 5.69 Å². The average molecular weight is 196 g/mol. The quantitative estimate of drug-likeness (QED) is 0.799. The summed E-state index contributed by atoms with van der Waals surface area (Å²) in [6.07, 6.45) is 0. The summed E-state index contributed by atoms with van der Waals surface area (Å²) in [5.41, 5.74) is 7.05. The molecule has 1 aromatic rings. The Balaban J connectivity index is 3.11. The number of rotatable bonds is 4. The molecule has 78 valence electrons. The van der Waals surface area contributed by atoms with E-state index < -0.39 is 0 Å². The normalized spacial score (nSPS) is 10.3. The van der Waals surface area contributed by atoms with E-state index in [4.69, 9.17) is 5.73 Å². The predicted octanol–water partition coefficient (Wildman–Crippen LogP) is 2.13. The minimum atomic E-state index is -0.211. The maximum absolute atomic E-state index is 13.4. The largest absolute Gasteiger partial charge is 0.372 e. The molecule has 1 rings (SSSR count). The molecule has 0 radical (unpaired) electrons. The van der Waals surface area contributed by atoms with Crippen molar-refractivity contribution < 1.29 is 4.39 Å². The number of benzene rings is 1. The van der Waals surface area contributed by atoms with Gasteiger partial charge in [-0.25, -0.2) is 4.39 Å². The molecule has 0 atom stereocenters. The zero-order valence-corrected chi connectivity index (χ0v) is 8.76. The highest BCUT2D eigenvalue weighted by molar-refractivity contribution is 5.54. The van der Waals surface area contributed by atoms with Crippen LogP contribution >= 0.6 is 0 Å².